The van der Waals surface area contributed by atoms with Gasteiger partial charge >= 0.3 is 0 Å². The van der Waals surface area contributed by atoms with E-state index in [-0.39, 0.29) is 0 Å². The molecule has 0 unspecified atom stereocenters. The largest absolute Gasteiger partial charge is 0.389 e. The number of likely N-dealkylation sites (N-methyl/N-ethyl adjacent to an activating group) is 1. The predicted molar refractivity (Wildman–Crippen MR) is 74.4 cm³/mol. The van der Waals surface area contributed by atoms with Gasteiger partial charge in [-0.2, -0.15) is 0 Å². The maximum Gasteiger partial charge on any atom is 0.0718 e. The Morgan fingerprint density at radius 2 is 2.00 bits per heavy atom. The lowest BCUT2D eigenvalue weighted by atomic mass is 10.1. The molecular formula is C13H24N2OS. The van der Waals surface area contributed by atoms with Gasteiger partial charge in [0.25, 0.3) is 0 Å². The molecule has 4 heteroatoms. The molecule has 0 aliphatic rings. The first kappa shape index (κ1) is 14.6. The van der Waals surface area contributed by atoms with E-state index in [1.807, 2.05) is 13.8 Å². The number of hydrogen-bond acceptors (Lipinski definition) is 4. The second kappa shape index (κ2) is 6.50. The van der Waals surface area contributed by atoms with Crippen LogP contribution in [0.2, 0.25) is 0 Å². The Morgan fingerprint density at radius 3 is 2.47 bits per heavy atom. The molecule has 1 N–H and O–H groups in total. The molecule has 0 amide bonds. The zero-order chi connectivity index (χ0) is 12.9. The molecule has 0 spiro atoms. The molecular weight excluding hydrogens is 232 g/mol. The van der Waals surface area contributed by atoms with Gasteiger partial charge in [-0.3, -0.25) is 4.90 Å². The van der Waals surface area contributed by atoms with Crippen LogP contribution in [-0.4, -0.2) is 54.2 Å². The minimum Gasteiger partial charge on any atom is -0.389 e. The van der Waals surface area contributed by atoms with Gasteiger partial charge in [0.15, 0.2) is 0 Å². The van der Waals surface area contributed by atoms with Crippen LogP contribution in [-0.2, 0) is 6.54 Å². The number of hydrogen-bond donors (Lipinski definition) is 1. The van der Waals surface area contributed by atoms with Crippen LogP contribution in [0.15, 0.2) is 17.5 Å². The van der Waals surface area contributed by atoms with Crippen LogP contribution in [0.5, 0.6) is 0 Å². The van der Waals surface area contributed by atoms with E-state index in [1.165, 1.54) is 4.88 Å². The molecule has 1 heterocycles. The lowest BCUT2D eigenvalue weighted by Crippen LogP contribution is -2.41. The Kier molecular flexibility index (Phi) is 5.59. The van der Waals surface area contributed by atoms with Crippen molar-refractivity contribution < 1.29 is 5.11 Å². The Bertz CT molecular complexity index is 304. The van der Waals surface area contributed by atoms with E-state index in [2.05, 4.69) is 41.4 Å². The smallest absolute Gasteiger partial charge is 0.0718 e. The number of aliphatic hydroxyl groups is 1. The van der Waals surface area contributed by atoms with Crippen molar-refractivity contribution in [2.24, 2.45) is 0 Å². The summed E-state index contributed by atoms with van der Waals surface area (Å²) in [5.74, 6) is 0. The average Bonchev–Trinajstić information content (AvgIpc) is 2.64. The third-order valence-electron chi connectivity index (χ3n) is 2.43. The first-order valence-electron chi connectivity index (χ1n) is 5.99. The van der Waals surface area contributed by atoms with Gasteiger partial charge in [-0.1, -0.05) is 6.07 Å². The number of nitrogens with zero attached hydrogens (tertiary/aromatic N) is 2. The fourth-order valence-corrected chi connectivity index (χ4v) is 2.47. The van der Waals surface area contributed by atoms with E-state index < -0.39 is 5.60 Å². The van der Waals surface area contributed by atoms with Crippen molar-refractivity contribution in [3.05, 3.63) is 22.4 Å². The van der Waals surface area contributed by atoms with Crippen molar-refractivity contribution in [3.8, 4) is 0 Å². The van der Waals surface area contributed by atoms with E-state index in [1.54, 1.807) is 11.3 Å². The van der Waals surface area contributed by atoms with Crippen molar-refractivity contribution in [1.29, 1.82) is 0 Å². The second-order valence-corrected chi connectivity index (χ2v) is 6.44. The highest BCUT2D eigenvalue weighted by Crippen LogP contribution is 2.14. The summed E-state index contributed by atoms with van der Waals surface area (Å²) in [7, 11) is 4.15. The average molecular weight is 256 g/mol. The van der Waals surface area contributed by atoms with Gasteiger partial charge < -0.3 is 10.0 Å². The predicted octanol–water partition coefficient (Wildman–Crippen LogP) is 1.88. The highest BCUT2D eigenvalue weighted by molar-refractivity contribution is 7.09. The Labute approximate surface area is 109 Å². The molecule has 0 saturated carbocycles. The molecule has 0 saturated heterocycles. The van der Waals surface area contributed by atoms with Gasteiger partial charge in [-0.15, -0.1) is 11.3 Å². The zero-order valence-corrected chi connectivity index (χ0v) is 12.1. The summed E-state index contributed by atoms with van der Waals surface area (Å²) in [5, 5.41) is 12.0. The maximum absolute atomic E-state index is 9.93. The van der Waals surface area contributed by atoms with Gasteiger partial charge in [0.05, 0.1) is 5.60 Å². The summed E-state index contributed by atoms with van der Waals surface area (Å²) in [4.78, 5) is 5.84. The monoisotopic (exact) mass is 256 g/mol. The first-order chi connectivity index (χ1) is 7.87. The summed E-state index contributed by atoms with van der Waals surface area (Å²) in [5.41, 5.74) is -0.635. The third kappa shape index (κ3) is 6.78. The van der Waals surface area contributed by atoms with Crippen LogP contribution in [0.1, 0.15) is 18.7 Å². The van der Waals surface area contributed by atoms with Gasteiger partial charge in [-0.05, 0) is 39.4 Å². The van der Waals surface area contributed by atoms with E-state index in [9.17, 15) is 5.11 Å². The molecule has 1 rings (SSSR count). The van der Waals surface area contributed by atoms with Crippen molar-refractivity contribution in [1.82, 2.24) is 9.80 Å². The van der Waals surface area contributed by atoms with E-state index >= 15 is 0 Å². The van der Waals surface area contributed by atoms with Crippen LogP contribution in [0, 0.1) is 0 Å². The van der Waals surface area contributed by atoms with Crippen molar-refractivity contribution >= 4 is 11.3 Å². The molecule has 0 bridgehead atoms. The highest BCUT2D eigenvalue weighted by atomic mass is 32.1. The summed E-state index contributed by atoms with van der Waals surface area (Å²) < 4.78 is 0. The third-order valence-corrected chi connectivity index (χ3v) is 3.29. The second-order valence-electron chi connectivity index (χ2n) is 5.41. The normalized spacial score (nSPS) is 12.6. The molecule has 1 aromatic rings. The molecule has 0 aromatic carbocycles. The quantitative estimate of drug-likeness (QED) is 0.807. The fraction of sp³-hybridized carbons (Fsp3) is 0.692. The van der Waals surface area contributed by atoms with E-state index in [0.29, 0.717) is 6.54 Å². The highest BCUT2D eigenvalue weighted by Gasteiger charge is 2.18. The lowest BCUT2D eigenvalue weighted by molar-refractivity contribution is 0.0319. The van der Waals surface area contributed by atoms with Crippen molar-refractivity contribution in [2.75, 3.05) is 33.7 Å². The molecule has 0 aliphatic carbocycles. The van der Waals surface area contributed by atoms with Crippen LogP contribution >= 0.6 is 11.3 Å². The van der Waals surface area contributed by atoms with Gasteiger partial charge in [0, 0.05) is 31.1 Å². The standard InChI is InChI=1S/C13H24N2OS/c1-13(2,16)11-15(8-7-14(3)4)10-12-6-5-9-17-12/h5-6,9,16H,7-8,10-11H2,1-4H3. The summed E-state index contributed by atoms with van der Waals surface area (Å²) >= 11 is 1.77. The molecule has 17 heavy (non-hydrogen) atoms. The van der Waals surface area contributed by atoms with Crippen LogP contribution in [0.4, 0.5) is 0 Å². The van der Waals surface area contributed by atoms with Gasteiger partial charge in [0.1, 0.15) is 0 Å². The topological polar surface area (TPSA) is 26.7 Å². The van der Waals surface area contributed by atoms with Crippen LogP contribution < -0.4 is 0 Å². The van der Waals surface area contributed by atoms with E-state index in [4.69, 9.17) is 0 Å². The number of rotatable bonds is 7. The molecule has 0 aliphatic heterocycles. The molecule has 0 atom stereocenters. The number of thiophene rings is 1. The van der Waals surface area contributed by atoms with E-state index in [0.717, 1.165) is 19.6 Å². The Hall–Kier alpha value is -0.420. The van der Waals surface area contributed by atoms with Crippen molar-refractivity contribution in [2.45, 2.75) is 26.0 Å². The first-order valence-corrected chi connectivity index (χ1v) is 6.86. The summed E-state index contributed by atoms with van der Waals surface area (Å²) in [6, 6.07) is 4.23. The van der Waals surface area contributed by atoms with Crippen molar-refractivity contribution in [3.63, 3.8) is 0 Å². The Morgan fingerprint density at radius 1 is 1.29 bits per heavy atom. The SMILES string of the molecule is CN(C)CCN(Cc1cccs1)CC(C)(C)O. The summed E-state index contributed by atoms with van der Waals surface area (Å²) in [6.07, 6.45) is 0. The zero-order valence-electron chi connectivity index (χ0n) is 11.3. The van der Waals surface area contributed by atoms with Crippen LogP contribution in [0.3, 0.4) is 0 Å². The molecule has 1 aromatic heterocycles. The lowest BCUT2D eigenvalue weighted by Gasteiger charge is -2.29. The minimum atomic E-state index is -0.635. The fourth-order valence-electron chi connectivity index (χ4n) is 1.73. The minimum absolute atomic E-state index is 0.635. The molecule has 0 radical (unpaired) electrons. The van der Waals surface area contributed by atoms with Gasteiger partial charge in [-0.25, -0.2) is 0 Å². The molecule has 3 nitrogen and oxygen atoms in total. The molecule has 0 fully saturated rings. The van der Waals surface area contributed by atoms with Gasteiger partial charge in [0.2, 0.25) is 0 Å². The maximum atomic E-state index is 9.93. The Balaban J connectivity index is 2.52. The summed E-state index contributed by atoms with van der Waals surface area (Å²) in [6.45, 7) is 7.36. The van der Waals surface area contributed by atoms with Crippen LogP contribution in [0.25, 0.3) is 0 Å². The molecule has 98 valence electrons.